The molecule has 1 N–H and O–H groups in total. The number of nitrogens with zero attached hydrogens (tertiary/aromatic N) is 2. The van der Waals surface area contributed by atoms with Crippen LogP contribution >= 0.6 is 0 Å². The Bertz CT molecular complexity index is 347. The molecule has 0 aliphatic carbocycles. The first-order chi connectivity index (χ1) is 7.14. The molecule has 3 nitrogen and oxygen atoms in total. The normalized spacial score (nSPS) is 12.6. The molecule has 16 heavy (non-hydrogen) atoms. The molecule has 3 heteroatoms. The van der Waals surface area contributed by atoms with Crippen LogP contribution in [0.2, 0.25) is 0 Å². The highest BCUT2D eigenvalue weighted by atomic mass is 16.3. The van der Waals surface area contributed by atoms with Crippen molar-refractivity contribution in [2.45, 2.75) is 52.6 Å². The third kappa shape index (κ3) is 2.65. The Morgan fingerprint density at radius 3 is 1.94 bits per heavy atom. The van der Waals surface area contributed by atoms with Gasteiger partial charge in [-0.2, -0.15) is 0 Å². The molecule has 1 aromatic heterocycles. The lowest BCUT2D eigenvalue weighted by Gasteiger charge is -2.46. The van der Waals surface area contributed by atoms with Crippen LogP contribution in [0.1, 0.15) is 41.5 Å². The molecule has 1 rings (SSSR count). The first-order valence-corrected chi connectivity index (χ1v) is 5.58. The molecule has 0 saturated heterocycles. The third-order valence-corrected chi connectivity index (χ3v) is 2.32. The van der Waals surface area contributed by atoms with Crippen LogP contribution in [0, 0.1) is 0 Å². The second kappa shape index (κ2) is 3.96. The van der Waals surface area contributed by atoms with Gasteiger partial charge < -0.3 is 10.0 Å². The summed E-state index contributed by atoms with van der Waals surface area (Å²) < 4.78 is 0. The summed E-state index contributed by atoms with van der Waals surface area (Å²) >= 11 is 0. The first-order valence-electron chi connectivity index (χ1n) is 5.58. The minimum absolute atomic E-state index is 0.0932. The summed E-state index contributed by atoms with van der Waals surface area (Å²) in [6, 6.07) is 3.41. The van der Waals surface area contributed by atoms with E-state index in [0.717, 1.165) is 0 Å². The fourth-order valence-electron chi connectivity index (χ4n) is 2.20. The van der Waals surface area contributed by atoms with E-state index in [9.17, 15) is 5.11 Å². The average Bonchev–Trinajstić information content (AvgIpc) is 2.03. The standard InChI is InChI=1S/C13H22N2O/c1-12(2,3)15(13(4,5)6)11-10(16)8-7-9-14-11/h7-9,16H,1-6H3. The Balaban J connectivity index is 3.29. The quantitative estimate of drug-likeness (QED) is 0.792. The fraction of sp³-hybridized carbons (Fsp3) is 0.615. The first kappa shape index (κ1) is 12.8. The van der Waals surface area contributed by atoms with Crippen molar-refractivity contribution in [2.24, 2.45) is 0 Å². The Hall–Kier alpha value is -1.25. The number of hydrogen-bond donors (Lipinski definition) is 1. The second-order valence-corrected chi connectivity index (χ2v) is 6.02. The van der Waals surface area contributed by atoms with Crippen LogP contribution in [0.3, 0.4) is 0 Å². The monoisotopic (exact) mass is 222 g/mol. The predicted molar refractivity (Wildman–Crippen MR) is 67.9 cm³/mol. The van der Waals surface area contributed by atoms with Crippen molar-refractivity contribution in [1.29, 1.82) is 0 Å². The molecular formula is C13H22N2O. The van der Waals surface area contributed by atoms with Gasteiger partial charge in [0.25, 0.3) is 0 Å². The van der Waals surface area contributed by atoms with Crippen LogP contribution in [0.4, 0.5) is 5.82 Å². The lowest BCUT2D eigenvalue weighted by molar-refractivity contribution is 0.366. The molecule has 0 aliphatic rings. The predicted octanol–water partition coefficient (Wildman–Crippen LogP) is 3.19. The lowest BCUT2D eigenvalue weighted by atomic mass is 9.96. The van der Waals surface area contributed by atoms with E-state index in [1.165, 1.54) is 0 Å². The van der Waals surface area contributed by atoms with E-state index >= 15 is 0 Å². The number of aromatic nitrogens is 1. The summed E-state index contributed by atoms with van der Waals surface area (Å²) in [6.45, 7) is 12.7. The van der Waals surface area contributed by atoms with Crippen molar-refractivity contribution in [3.05, 3.63) is 18.3 Å². The van der Waals surface area contributed by atoms with E-state index in [4.69, 9.17) is 0 Å². The summed E-state index contributed by atoms with van der Waals surface area (Å²) in [5.74, 6) is 0.870. The smallest absolute Gasteiger partial charge is 0.171 e. The maximum absolute atomic E-state index is 9.90. The molecule has 0 aliphatic heterocycles. The van der Waals surface area contributed by atoms with Crippen molar-refractivity contribution < 1.29 is 5.11 Å². The van der Waals surface area contributed by atoms with Crippen molar-refractivity contribution in [2.75, 3.05) is 4.90 Å². The van der Waals surface area contributed by atoms with Gasteiger partial charge in [0.05, 0.1) is 0 Å². The average molecular weight is 222 g/mol. The molecule has 1 heterocycles. The molecule has 0 spiro atoms. The highest BCUT2D eigenvalue weighted by Gasteiger charge is 2.33. The molecule has 90 valence electrons. The summed E-state index contributed by atoms with van der Waals surface area (Å²) in [5.41, 5.74) is -0.186. The second-order valence-electron chi connectivity index (χ2n) is 6.02. The zero-order chi connectivity index (χ0) is 12.6. The van der Waals surface area contributed by atoms with Gasteiger partial charge >= 0.3 is 0 Å². The van der Waals surface area contributed by atoms with Gasteiger partial charge in [0.2, 0.25) is 0 Å². The molecule has 0 atom stereocenters. The van der Waals surface area contributed by atoms with Crippen LogP contribution in [0.5, 0.6) is 5.75 Å². The van der Waals surface area contributed by atoms with Gasteiger partial charge in [-0.1, -0.05) is 0 Å². The maximum Gasteiger partial charge on any atom is 0.171 e. The zero-order valence-corrected chi connectivity index (χ0v) is 11.1. The van der Waals surface area contributed by atoms with Gasteiger partial charge in [-0.25, -0.2) is 4.98 Å². The van der Waals surface area contributed by atoms with Crippen LogP contribution in [-0.2, 0) is 0 Å². The zero-order valence-electron chi connectivity index (χ0n) is 11.1. The van der Waals surface area contributed by atoms with Gasteiger partial charge in [-0.05, 0) is 53.7 Å². The van der Waals surface area contributed by atoms with Crippen LogP contribution in [0.25, 0.3) is 0 Å². The van der Waals surface area contributed by atoms with Crippen LogP contribution in [0.15, 0.2) is 18.3 Å². The summed E-state index contributed by atoms with van der Waals surface area (Å²) in [5, 5.41) is 9.90. The Labute approximate surface area is 98.1 Å². The van der Waals surface area contributed by atoms with E-state index in [1.54, 1.807) is 18.3 Å². The molecule has 0 aromatic carbocycles. The molecule has 0 unspecified atom stereocenters. The highest BCUT2D eigenvalue weighted by molar-refractivity contribution is 5.54. The Morgan fingerprint density at radius 2 is 1.56 bits per heavy atom. The van der Waals surface area contributed by atoms with E-state index in [-0.39, 0.29) is 16.8 Å². The minimum Gasteiger partial charge on any atom is -0.504 e. The van der Waals surface area contributed by atoms with E-state index in [1.807, 2.05) is 0 Å². The maximum atomic E-state index is 9.90. The van der Waals surface area contributed by atoms with Gasteiger partial charge in [0, 0.05) is 17.3 Å². The van der Waals surface area contributed by atoms with Gasteiger partial charge in [-0.15, -0.1) is 0 Å². The Morgan fingerprint density at radius 1 is 1.06 bits per heavy atom. The van der Waals surface area contributed by atoms with E-state index < -0.39 is 0 Å². The largest absolute Gasteiger partial charge is 0.504 e. The molecule has 0 bridgehead atoms. The van der Waals surface area contributed by atoms with Crippen molar-refractivity contribution in [1.82, 2.24) is 4.98 Å². The lowest BCUT2D eigenvalue weighted by Crippen LogP contribution is -2.53. The molecule has 1 aromatic rings. The molecule has 0 fully saturated rings. The topological polar surface area (TPSA) is 36.4 Å². The van der Waals surface area contributed by atoms with Gasteiger partial charge in [-0.3, -0.25) is 0 Å². The van der Waals surface area contributed by atoms with Crippen LogP contribution in [-0.4, -0.2) is 21.2 Å². The van der Waals surface area contributed by atoms with Crippen molar-refractivity contribution >= 4 is 5.82 Å². The van der Waals surface area contributed by atoms with E-state index in [2.05, 4.69) is 51.4 Å². The number of rotatable bonds is 1. The number of pyridine rings is 1. The summed E-state index contributed by atoms with van der Waals surface area (Å²) in [6.07, 6.45) is 1.71. The van der Waals surface area contributed by atoms with Gasteiger partial charge in [0.15, 0.2) is 11.6 Å². The minimum atomic E-state index is -0.0932. The van der Waals surface area contributed by atoms with Crippen molar-refractivity contribution in [3.8, 4) is 5.75 Å². The molecular weight excluding hydrogens is 200 g/mol. The van der Waals surface area contributed by atoms with Crippen molar-refractivity contribution in [3.63, 3.8) is 0 Å². The summed E-state index contributed by atoms with van der Waals surface area (Å²) in [4.78, 5) is 6.42. The number of aromatic hydroxyl groups is 1. The molecule has 0 saturated carbocycles. The highest BCUT2D eigenvalue weighted by Crippen LogP contribution is 2.35. The van der Waals surface area contributed by atoms with Gasteiger partial charge in [0.1, 0.15) is 0 Å². The number of anilines is 1. The number of hydrogen-bond acceptors (Lipinski definition) is 3. The third-order valence-electron chi connectivity index (χ3n) is 2.32. The SMILES string of the molecule is CC(C)(C)N(c1ncccc1O)C(C)(C)C. The van der Waals surface area contributed by atoms with Crippen LogP contribution < -0.4 is 4.90 Å². The summed E-state index contributed by atoms with van der Waals surface area (Å²) in [7, 11) is 0. The van der Waals surface area contributed by atoms with E-state index in [0.29, 0.717) is 5.82 Å². The molecule has 0 amide bonds. The Kier molecular flexibility index (Phi) is 3.17. The molecule has 0 radical (unpaired) electrons. The fourth-order valence-corrected chi connectivity index (χ4v) is 2.20.